The minimum atomic E-state index is -0.273. The molecule has 32 valence electrons. The average Bonchev–Trinajstić information content (AvgIpc) is 2.19. The van der Waals surface area contributed by atoms with Crippen molar-refractivity contribution in [1.82, 2.24) is 0 Å². The molecule has 0 aliphatic carbocycles. The van der Waals surface area contributed by atoms with Crippen LogP contribution in [0.1, 0.15) is 0 Å². The van der Waals surface area contributed by atoms with Gasteiger partial charge in [-0.15, -0.1) is 0 Å². The molecule has 1 atom stereocenters. The van der Waals surface area contributed by atoms with Crippen LogP contribution in [0.3, 0.4) is 0 Å². The lowest BCUT2D eigenvalue weighted by Gasteiger charge is -1.55. The normalized spacial score (nSPS) is 28.7. The zero-order chi connectivity index (χ0) is 4.57. The quantitative estimate of drug-likeness (QED) is 0.333. The van der Waals surface area contributed by atoms with Crippen LogP contribution in [-0.4, -0.2) is 12.1 Å². The molecule has 0 spiro atoms. The summed E-state index contributed by atoms with van der Waals surface area (Å²) in [6.45, 7) is 3.33. The van der Waals surface area contributed by atoms with Crippen LogP contribution in [0.25, 0.3) is 0 Å². The van der Waals surface area contributed by atoms with E-state index in [1.165, 1.54) is 6.08 Å². The van der Waals surface area contributed by atoms with E-state index in [1.807, 2.05) is 0 Å². The molecule has 0 amide bonds. The number of carbonyl (C=O) groups is 1. The Bertz CT molecular complexity index is 95.7. The van der Waals surface area contributed by atoms with E-state index < -0.39 is 0 Å². The number of hydrogen-bond acceptors (Lipinski definition) is 2. The zero-order valence-corrected chi connectivity index (χ0v) is 3.18. The highest BCUT2D eigenvalue weighted by Gasteiger charge is 2.34. The van der Waals surface area contributed by atoms with Crippen LogP contribution in [0.15, 0.2) is 12.7 Å². The van der Waals surface area contributed by atoms with Crippen molar-refractivity contribution < 1.29 is 9.53 Å². The summed E-state index contributed by atoms with van der Waals surface area (Å²) in [5.41, 5.74) is 0. The molecule has 1 saturated heterocycles. The molecule has 2 nitrogen and oxygen atoms in total. The van der Waals surface area contributed by atoms with Gasteiger partial charge in [-0.25, -0.2) is 4.79 Å². The van der Waals surface area contributed by atoms with E-state index in [0.29, 0.717) is 0 Å². The summed E-state index contributed by atoms with van der Waals surface area (Å²) in [7, 11) is 0. The van der Waals surface area contributed by atoms with Crippen LogP contribution in [0.2, 0.25) is 0 Å². The van der Waals surface area contributed by atoms with Gasteiger partial charge < -0.3 is 4.74 Å². The summed E-state index contributed by atoms with van der Waals surface area (Å²) in [4.78, 5) is 9.82. The second-order valence-corrected chi connectivity index (χ2v) is 1.09. The van der Waals surface area contributed by atoms with Crippen LogP contribution >= 0.6 is 0 Å². The fraction of sp³-hybridized carbons (Fsp3) is 0.250. The van der Waals surface area contributed by atoms with Crippen molar-refractivity contribution in [2.45, 2.75) is 6.10 Å². The Morgan fingerprint density at radius 3 is 2.50 bits per heavy atom. The molecule has 1 fully saturated rings. The van der Waals surface area contributed by atoms with Gasteiger partial charge in [0.2, 0.25) is 6.10 Å². The Hall–Kier alpha value is -0.790. The SMILES string of the molecule is C=CC1OC1=O. The van der Waals surface area contributed by atoms with E-state index in [4.69, 9.17) is 0 Å². The Morgan fingerprint density at radius 2 is 2.50 bits per heavy atom. The lowest BCUT2D eigenvalue weighted by atomic mass is 10.5. The first-order chi connectivity index (χ1) is 2.84. The van der Waals surface area contributed by atoms with E-state index in [-0.39, 0.29) is 12.1 Å². The summed E-state index contributed by atoms with van der Waals surface area (Å²) >= 11 is 0. The summed E-state index contributed by atoms with van der Waals surface area (Å²) in [5, 5.41) is 0. The van der Waals surface area contributed by atoms with E-state index in [1.54, 1.807) is 0 Å². The molecular formula is C4H4O2. The van der Waals surface area contributed by atoms with E-state index in [0.717, 1.165) is 0 Å². The fourth-order valence-electron chi connectivity index (χ4n) is 0.235. The van der Waals surface area contributed by atoms with E-state index in [9.17, 15) is 4.79 Å². The van der Waals surface area contributed by atoms with Crippen molar-refractivity contribution in [3.05, 3.63) is 12.7 Å². The number of epoxide rings is 1. The molecule has 0 aromatic heterocycles. The molecule has 2 heteroatoms. The van der Waals surface area contributed by atoms with Crippen molar-refractivity contribution in [1.29, 1.82) is 0 Å². The predicted octanol–water partition coefficient (Wildman–Crippen LogP) is 0.0978. The maximum absolute atomic E-state index is 9.82. The number of carbonyl (C=O) groups excluding carboxylic acids is 1. The number of hydrogen-bond donors (Lipinski definition) is 0. The topological polar surface area (TPSA) is 29.6 Å². The third-order valence-corrected chi connectivity index (χ3v) is 0.632. The number of rotatable bonds is 1. The van der Waals surface area contributed by atoms with Gasteiger partial charge in [0.1, 0.15) is 0 Å². The molecular weight excluding hydrogens is 80.0 g/mol. The molecule has 1 heterocycles. The molecule has 0 radical (unpaired) electrons. The molecule has 0 bridgehead atoms. The lowest BCUT2D eigenvalue weighted by Crippen LogP contribution is -1.73. The molecule has 0 aromatic rings. The first-order valence-electron chi connectivity index (χ1n) is 1.67. The van der Waals surface area contributed by atoms with Crippen molar-refractivity contribution in [3.8, 4) is 0 Å². The fourth-order valence-corrected chi connectivity index (χ4v) is 0.235. The molecule has 0 N–H and O–H groups in total. The zero-order valence-electron chi connectivity index (χ0n) is 3.18. The Kier molecular flexibility index (Phi) is 0.473. The van der Waals surface area contributed by atoms with Gasteiger partial charge in [0.05, 0.1) is 0 Å². The number of ether oxygens (including phenoxy) is 1. The van der Waals surface area contributed by atoms with Gasteiger partial charge >= 0.3 is 5.97 Å². The van der Waals surface area contributed by atoms with Gasteiger partial charge in [-0.05, 0) is 6.08 Å². The van der Waals surface area contributed by atoms with Crippen LogP contribution < -0.4 is 0 Å². The van der Waals surface area contributed by atoms with E-state index in [2.05, 4.69) is 11.3 Å². The standard InChI is InChI=1S/C4H4O2/c1-2-3-4(5)6-3/h2-3H,1H2. The third kappa shape index (κ3) is 0.302. The van der Waals surface area contributed by atoms with Gasteiger partial charge in [-0.3, -0.25) is 0 Å². The second kappa shape index (κ2) is 0.834. The largest absolute Gasteiger partial charge is 0.443 e. The van der Waals surface area contributed by atoms with Crippen LogP contribution in [-0.2, 0) is 9.53 Å². The van der Waals surface area contributed by atoms with Crippen LogP contribution in [0.4, 0.5) is 0 Å². The second-order valence-electron chi connectivity index (χ2n) is 1.09. The Morgan fingerprint density at radius 1 is 2.00 bits per heavy atom. The van der Waals surface area contributed by atoms with Gasteiger partial charge in [0, 0.05) is 0 Å². The molecule has 1 rings (SSSR count). The van der Waals surface area contributed by atoms with Crippen molar-refractivity contribution in [2.24, 2.45) is 0 Å². The highest BCUT2D eigenvalue weighted by molar-refractivity contribution is 5.89. The third-order valence-electron chi connectivity index (χ3n) is 0.632. The molecule has 6 heavy (non-hydrogen) atoms. The first-order valence-corrected chi connectivity index (χ1v) is 1.67. The summed E-state index contributed by atoms with van der Waals surface area (Å²) in [6, 6.07) is 0. The molecule has 1 unspecified atom stereocenters. The Balaban J connectivity index is 2.44. The smallest absolute Gasteiger partial charge is 0.352 e. The molecule has 0 saturated carbocycles. The van der Waals surface area contributed by atoms with Gasteiger partial charge in [0.15, 0.2) is 0 Å². The molecule has 1 aliphatic rings. The maximum atomic E-state index is 9.82. The van der Waals surface area contributed by atoms with Crippen LogP contribution in [0.5, 0.6) is 0 Å². The molecule has 1 aliphatic heterocycles. The van der Waals surface area contributed by atoms with E-state index >= 15 is 0 Å². The lowest BCUT2D eigenvalue weighted by molar-refractivity contribution is -0.117. The Labute approximate surface area is 35.4 Å². The predicted molar refractivity (Wildman–Crippen MR) is 20.1 cm³/mol. The minimum absolute atomic E-state index is 0.162. The number of cyclic esters (lactones) is 1. The summed E-state index contributed by atoms with van der Waals surface area (Å²) in [6.07, 6.45) is 1.20. The van der Waals surface area contributed by atoms with Crippen LogP contribution in [0, 0.1) is 0 Å². The summed E-state index contributed by atoms with van der Waals surface area (Å²) in [5.74, 6) is -0.162. The monoisotopic (exact) mass is 84.0 g/mol. The average molecular weight is 84.1 g/mol. The van der Waals surface area contributed by atoms with Gasteiger partial charge in [0.25, 0.3) is 0 Å². The van der Waals surface area contributed by atoms with Crippen molar-refractivity contribution in [2.75, 3.05) is 0 Å². The maximum Gasteiger partial charge on any atom is 0.352 e. The first kappa shape index (κ1) is 3.40. The van der Waals surface area contributed by atoms with Gasteiger partial charge in [-0.2, -0.15) is 0 Å². The summed E-state index contributed by atoms with van der Waals surface area (Å²) < 4.78 is 4.31. The molecule has 0 aromatic carbocycles. The highest BCUT2D eigenvalue weighted by Crippen LogP contribution is 2.10. The minimum Gasteiger partial charge on any atom is -0.443 e. The van der Waals surface area contributed by atoms with Crippen molar-refractivity contribution >= 4 is 5.97 Å². The van der Waals surface area contributed by atoms with Crippen molar-refractivity contribution in [3.63, 3.8) is 0 Å². The highest BCUT2D eigenvalue weighted by atomic mass is 16.6. The van der Waals surface area contributed by atoms with Gasteiger partial charge in [-0.1, -0.05) is 6.58 Å².